The van der Waals surface area contributed by atoms with Gasteiger partial charge in [0, 0.05) is 17.9 Å². The van der Waals surface area contributed by atoms with E-state index in [1.807, 2.05) is 31.2 Å². The fourth-order valence-electron chi connectivity index (χ4n) is 2.11. The highest BCUT2D eigenvalue weighted by molar-refractivity contribution is 6.05. The average Bonchev–Trinajstić information content (AvgIpc) is 2.48. The van der Waals surface area contributed by atoms with Crippen molar-refractivity contribution in [3.8, 4) is 5.75 Å². The number of pyridine rings is 1. The molecular formula is C18H23N3O2. The molecule has 0 saturated heterocycles. The van der Waals surface area contributed by atoms with E-state index in [4.69, 9.17) is 4.74 Å². The summed E-state index contributed by atoms with van der Waals surface area (Å²) < 4.78 is 5.52. The number of carbonyl (C=O) groups is 1. The first kappa shape index (κ1) is 16.8. The van der Waals surface area contributed by atoms with Gasteiger partial charge in [0.05, 0.1) is 23.5 Å². The molecule has 0 spiro atoms. The zero-order valence-corrected chi connectivity index (χ0v) is 14.0. The van der Waals surface area contributed by atoms with Crippen LogP contribution in [0.2, 0.25) is 0 Å². The number of ether oxygens (including phenoxy) is 1. The Hall–Kier alpha value is -2.56. The SMILES string of the molecule is CCOc1ccccc1NC(=O)c1cncc(NC(C)(C)C)c1. The summed E-state index contributed by atoms with van der Waals surface area (Å²) in [6, 6.07) is 9.16. The second-order valence-electron chi connectivity index (χ2n) is 6.22. The molecule has 0 saturated carbocycles. The van der Waals surface area contributed by atoms with Gasteiger partial charge in [-0.15, -0.1) is 0 Å². The Morgan fingerprint density at radius 3 is 2.65 bits per heavy atom. The number of amides is 1. The van der Waals surface area contributed by atoms with E-state index < -0.39 is 0 Å². The number of rotatable bonds is 5. The fourth-order valence-corrected chi connectivity index (χ4v) is 2.11. The second kappa shape index (κ2) is 7.13. The molecule has 0 fully saturated rings. The van der Waals surface area contributed by atoms with Gasteiger partial charge in [0.1, 0.15) is 5.75 Å². The Kier molecular flexibility index (Phi) is 5.21. The van der Waals surface area contributed by atoms with Crippen molar-refractivity contribution >= 4 is 17.3 Å². The Morgan fingerprint density at radius 1 is 1.22 bits per heavy atom. The van der Waals surface area contributed by atoms with Gasteiger partial charge in [0.25, 0.3) is 5.91 Å². The summed E-state index contributed by atoms with van der Waals surface area (Å²) in [5, 5.41) is 6.17. The van der Waals surface area contributed by atoms with Gasteiger partial charge < -0.3 is 15.4 Å². The molecule has 122 valence electrons. The summed E-state index contributed by atoms with van der Waals surface area (Å²) in [4.78, 5) is 16.6. The topological polar surface area (TPSA) is 63.2 Å². The molecule has 0 aliphatic rings. The first-order valence-corrected chi connectivity index (χ1v) is 7.65. The number of aromatic nitrogens is 1. The molecule has 23 heavy (non-hydrogen) atoms. The maximum absolute atomic E-state index is 12.5. The number of nitrogens with zero attached hydrogens (tertiary/aromatic N) is 1. The zero-order chi connectivity index (χ0) is 16.9. The third-order valence-corrected chi connectivity index (χ3v) is 2.95. The van der Waals surface area contributed by atoms with E-state index in [2.05, 4.69) is 36.4 Å². The van der Waals surface area contributed by atoms with Gasteiger partial charge in [-0.3, -0.25) is 9.78 Å². The van der Waals surface area contributed by atoms with Gasteiger partial charge in [-0.1, -0.05) is 12.1 Å². The normalized spacial score (nSPS) is 11.0. The van der Waals surface area contributed by atoms with Crippen LogP contribution in [0.4, 0.5) is 11.4 Å². The first-order chi connectivity index (χ1) is 10.9. The minimum atomic E-state index is -0.220. The van der Waals surface area contributed by atoms with E-state index in [-0.39, 0.29) is 11.4 Å². The third kappa shape index (κ3) is 4.98. The molecule has 0 aliphatic carbocycles. The number of benzene rings is 1. The van der Waals surface area contributed by atoms with Crippen molar-refractivity contribution in [2.75, 3.05) is 17.2 Å². The summed E-state index contributed by atoms with van der Waals surface area (Å²) >= 11 is 0. The third-order valence-electron chi connectivity index (χ3n) is 2.95. The molecule has 1 amide bonds. The lowest BCUT2D eigenvalue weighted by molar-refractivity contribution is 0.102. The van der Waals surface area contributed by atoms with Crippen LogP contribution in [0, 0.1) is 0 Å². The number of hydrogen-bond donors (Lipinski definition) is 2. The molecule has 0 aliphatic heterocycles. The lowest BCUT2D eigenvalue weighted by Crippen LogP contribution is -2.26. The largest absolute Gasteiger partial charge is 0.492 e. The van der Waals surface area contributed by atoms with Gasteiger partial charge in [0.15, 0.2) is 0 Å². The number of para-hydroxylation sites is 2. The van der Waals surface area contributed by atoms with Crippen LogP contribution in [-0.4, -0.2) is 23.0 Å². The molecule has 0 bridgehead atoms. The Bertz CT molecular complexity index is 678. The highest BCUT2D eigenvalue weighted by atomic mass is 16.5. The monoisotopic (exact) mass is 313 g/mol. The number of hydrogen-bond acceptors (Lipinski definition) is 4. The van der Waals surface area contributed by atoms with E-state index in [1.54, 1.807) is 18.5 Å². The molecule has 0 radical (unpaired) electrons. The predicted octanol–water partition coefficient (Wildman–Crippen LogP) is 3.94. The van der Waals surface area contributed by atoms with E-state index in [1.165, 1.54) is 0 Å². The maximum Gasteiger partial charge on any atom is 0.257 e. The lowest BCUT2D eigenvalue weighted by Gasteiger charge is -2.22. The summed E-state index contributed by atoms with van der Waals surface area (Å²) in [5.41, 5.74) is 1.85. The number of nitrogens with one attached hydrogen (secondary N) is 2. The molecule has 0 unspecified atom stereocenters. The van der Waals surface area contributed by atoms with E-state index in [9.17, 15) is 4.79 Å². The molecule has 5 heteroatoms. The van der Waals surface area contributed by atoms with Crippen LogP contribution >= 0.6 is 0 Å². The maximum atomic E-state index is 12.5. The van der Waals surface area contributed by atoms with Crippen LogP contribution < -0.4 is 15.4 Å². The van der Waals surface area contributed by atoms with Gasteiger partial charge in [-0.2, -0.15) is 0 Å². The Balaban J connectivity index is 2.17. The van der Waals surface area contributed by atoms with Crippen LogP contribution in [0.5, 0.6) is 5.75 Å². The second-order valence-corrected chi connectivity index (χ2v) is 6.22. The summed E-state index contributed by atoms with van der Waals surface area (Å²) in [6.45, 7) is 8.61. The van der Waals surface area contributed by atoms with Crippen LogP contribution in [0.1, 0.15) is 38.1 Å². The number of anilines is 2. The van der Waals surface area contributed by atoms with Crippen molar-refractivity contribution in [3.63, 3.8) is 0 Å². The van der Waals surface area contributed by atoms with Crippen molar-refractivity contribution < 1.29 is 9.53 Å². The van der Waals surface area contributed by atoms with Crippen LogP contribution in [-0.2, 0) is 0 Å². The summed E-state index contributed by atoms with van der Waals surface area (Å²) in [7, 11) is 0. The van der Waals surface area contributed by atoms with Crippen molar-refractivity contribution in [1.82, 2.24) is 4.98 Å². The molecule has 2 N–H and O–H groups in total. The quantitative estimate of drug-likeness (QED) is 0.877. The van der Waals surface area contributed by atoms with Gasteiger partial charge in [0.2, 0.25) is 0 Å². The van der Waals surface area contributed by atoms with Gasteiger partial charge in [-0.05, 0) is 45.9 Å². The van der Waals surface area contributed by atoms with Crippen LogP contribution in [0.3, 0.4) is 0 Å². The smallest absolute Gasteiger partial charge is 0.257 e. The Labute approximate surface area is 137 Å². The molecule has 2 aromatic rings. The zero-order valence-electron chi connectivity index (χ0n) is 14.0. The van der Waals surface area contributed by atoms with E-state index in [0.717, 1.165) is 5.69 Å². The summed E-state index contributed by atoms with van der Waals surface area (Å²) in [6.07, 6.45) is 3.25. The van der Waals surface area contributed by atoms with Crippen molar-refractivity contribution in [2.45, 2.75) is 33.2 Å². The van der Waals surface area contributed by atoms with Crippen molar-refractivity contribution in [3.05, 3.63) is 48.3 Å². The number of carbonyl (C=O) groups excluding carboxylic acids is 1. The average molecular weight is 313 g/mol. The lowest BCUT2D eigenvalue weighted by atomic mass is 10.1. The highest BCUT2D eigenvalue weighted by Gasteiger charge is 2.13. The first-order valence-electron chi connectivity index (χ1n) is 7.65. The molecule has 1 aromatic heterocycles. The van der Waals surface area contributed by atoms with Crippen molar-refractivity contribution in [2.24, 2.45) is 0 Å². The van der Waals surface area contributed by atoms with Crippen LogP contribution in [0.15, 0.2) is 42.7 Å². The predicted molar refractivity (Wildman–Crippen MR) is 93.2 cm³/mol. The summed E-state index contributed by atoms with van der Waals surface area (Å²) in [5.74, 6) is 0.433. The Morgan fingerprint density at radius 2 is 1.96 bits per heavy atom. The molecule has 1 heterocycles. The minimum Gasteiger partial charge on any atom is -0.492 e. The van der Waals surface area contributed by atoms with Crippen molar-refractivity contribution in [1.29, 1.82) is 0 Å². The molecule has 2 rings (SSSR count). The highest BCUT2D eigenvalue weighted by Crippen LogP contribution is 2.24. The molecule has 5 nitrogen and oxygen atoms in total. The minimum absolute atomic E-state index is 0.0989. The van der Waals surface area contributed by atoms with E-state index >= 15 is 0 Å². The molecule has 1 aromatic carbocycles. The van der Waals surface area contributed by atoms with Crippen LogP contribution in [0.25, 0.3) is 0 Å². The fraction of sp³-hybridized carbons (Fsp3) is 0.333. The molecular weight excluding hydrogens is 290 g/mol. The van der Waals surface area contributed by atoms with Gasteiger partial charge in [-0.25, -0.2) is 0 Å². The standard InChI is InChI=1S/C18H23N3O2/c1-5-23-16-9-7-6-8-15(16)20-17(22)13-10-14(12-19-11-13)21-18(2,3)4/h6-12,21H,5H2,1-4H3,(H,20,22). The van der Waals surface area contributed by atoms with E-state index in [0.29, 0.717) is 23.6 Å². The molecule has 0 atom stereocenters. The van der Waals surface area contributed by atoms with Gasteiger partial charge >= 0.3 is 0 Å².